The van der Waals surface area contributed by atoms with Crippen molar-refractivity contribution in [1.82, 2.24) is 15.5 Å². The number of nitrogens with two attached hydrogens (primary N) is 3. The zero-order valence-corrected chi connectivity index (χ0v) is 20.1. The molecular weight excluding hydrogens is 462 g/mol. The Morgan fingerprint density at radius 3 is 2.29 bits per heavy atom. The fraction of sp³-hybridized carbons (Fsp3) is 0.714. The molecule has 1 fully saturated rings. The van der Waals surface area contributed by atoms with Crippen molar-refractivity contribution in [2.45, 2.75) is 76.5 Å². The molecule has 10 N–H and O–H groups in total. The number of carboxylic acid groups (broad SMARTS) is 2. The lowest BCUT2D eigenvalue weighted by Crippen LogP contribution is -2.57. The first-order valence-corrected chi connectivity index (χ1v) is 11.5. The van der Waals surface area contributed by atoms with Crippen molar-refractivity contribution >= 4 is 35.6 Å². The number of guanidine groups is 1. The van der Waals surface area contributed by atoms with Crippen molar-refractivity contribution in [3.05, 3.63) is 0 Å². The molecule has 4 atom stereocenters. The van der Waals surface area contributed by atoms with Crippen molar-refractivity contribution in [3.63, 3.8) is 0 Å². The lowest BCUT2D eigenvalue weighted by molar-refractivity contribution is -0.145. The summed E-state index contributed by atoms with van der Waals surface area (Å²) in [7, 11) is 0. The first-order valence-electron chi connectivity index (χ1n) is 11.5. The van der Waals surface area contributed by atoms with Gasteiger partial charge in [0.2, 0.25) is 17.7 Å². The van der Waals surface area contributed by atoms with Crippen LogP contribution in [0.3, 0.4) is 0 Å². The van der Waals surface area contributed by atoms with Crippen LogP contribution >= 0.6 is 0 Å². The van der Waals surface area contributed by atoms with Gasteiger partial charge in [-0.3, -0.25) is 24.2 Å². The molecule has 0 bridgehead atoms. The minimum absolute atomic E-state index is 0.00330. The molecule has 14 heteroatoms. The maximum atomic E-state index is 13.3. The molecule has 0 aromatic carbocycles. The largest absolute Gasteiger partial charge is 0.481 e. The smallest absolute Gasteiger partial charge is 0.326 e. The first kappa shape index (κ1) is 29.6. The van der Waals surface area contributed by atoms with Crippen LogP contribution in [-0.2, 0) is 24.0 Å². The minimum Gasteiger partial charge on any atom is -0.481 e. The number of aliphatic imine (C=N–C) groups is 1. The molecule has 35 heavy (non-hydrogen) atoms. The van der Waals surface area contributed by atoms with Crippen LogP contribution in [0.25, 0.3) is 0 Å². The number of hydrogen-bond donors (Lipinski definition) is 7. The van der Waals surface area contributed by atoms with E-state index in [9.17, 15) is 29.1 Å². The summed E-state index contributed by atoms with van der Waals surface area (Å²) in [6.07, 6.45) is 0.917. The summed E-state index contributed by atoms with van der Waals surface area (Å²) < 4.78 is 0. The van der Waals surface area contributed by atoms with Crippen molar-refractivity contribution in [3.8, 4) is 0 Å². The maximum absolute atomic E-state index is 13.3. The highest BCUT2D eigenvalue weighted by Crippen LogP contribution is 2.21. The zero-order valence-electron chi connectivity index (χ0n) is 20.1. The van der Waals surface area contributed by atoms with E-state index in [1.165, 1.54) is 4.90 Å². The highest BCUT2D eigenvalue weighted by molar-refractivity contribution is 5.95. The third-order valence-corrected chi connectivity index (χ3v) is 5.45. The lowest BCUT2D eigenvalue weighted by Gasteiger charge is -2.30. The lowest BCUT2D eigenvalue weighted by atomic mass is 10.0. The monoisotopic (exact) mass is 499 g/mol. The fourth-order valence-electron chi connectivity index (χ4n) is 3.78. The Bertz CT molecular complexity index is 814. The molecule has 4 unspecified atom stereocenters. The molecule has 0 saturated carbocycles. The second-order valence-corrected chi connectivity index (χ2v) is 8.93. The average molecular weight is 500 g/mol. The highest BCUT2D eigenvalue weighted by Gasteiger charge is 2.39. The third kappa shape index (κ3) is 10.2. The van der Waals surface area contributed by atoms with Crippen LogP contribution in [0.5, 0.6) is 0 Å². The molecule has 1 saturated heterocycles. The van der Waals surface area contributed by atoms with E-state index in [2.05, 4.69) is 15.6 Å². The van der Waals surface area contributed by atoms with Gasteiger partial charge in [-0.25, -0.2) is 4.79 Å². The van der Waals surface area contributed by atoms with Gasteiger partial charge in [0.25, 0.3) is 0 Å². The van der Waals surface area contributed by atoms with Gasteiger partial charge in [0, 0.05) is 13.1 Å². The van der Waals surface area contributed by atoms with E-state index in [0.717, 1.165) is 0 Å². The summed E-state index contributed by atoms with van der Waals surface area (Å²) in [4.78, 5) is 66.1. The Morgan fingerprint density at radius 1 is 1.09 bits per heavy atom. The number of carbonyl (C=O) groups excluding carboxylic acids is 3. The van der Waals surface area contributed by atoms with Gasteiger partial charge in [0.15, 0.2) is 5.96 Å². The van der Waals surface area contributed by atoms with Crippen LogP contribution in [0.4, 0.5) is 0 Å². The van der Waals surface area contributed by atoms with Gasteiger partial charge in [-0.05, 0) is 38.0 Å². The Kier molecular flexibility index (Phi) is 11.9. The van der Waals surface area contributed by atoms with Crippen LogP contribution in [0.1, 0.15) is 52.4 Å². The second-order valence-electron chi connectivity index (χ2n) is 8.93. The zero-order chi connectivity index (χ0) is 26.7. The second kappa shape index (κ2) is 14.1. The molecule has 1 aliphatic rings. The molecule has 198 valence electrons. The van der Waals surface area contributed by atoms with Gasteiger partial charge in [-0.1, -0.05) is 13.8 Å². The molecular formula is C21H37N7O7. The van der Waals surface area contributed by atoms with Gasteiger partial charge in [-0.2, -0.15) is 0 Å². The molecule has 0 aliphatic carbocycles. The number of aliphatic carboxylic acids is 2. The molecule has 14 nitrogen and oxygen atoms in total. The molecule has 3 amide bonds. The van der Waals surface area contributed by atoms with E-state index in [1.54, 1.807) is 0 Å². The fourth-order valence-corrected chi connectivity index (χ4v) is 3.78. The standard InChI is InChI=1S/C21H37N7O7/c1-11(2)9-14(27-17(31)12(22)10-16(29)30)19(33)28-8-4-6-15(28)18(32)26-13(20(34)35)5-3-7-25-21(23)24/h11-15H,3-10,22H2,1-2H3,(H,26,32)(H,27,31)(H,29,30)(H,34,35)(H4,23,24,25). The summed E-state index contributed by atoms with van der Waals surface area (Å²) in [5, 5.41) is 23.3. The van der Waals surface area contributed by atoms with Crippen LogP contribution in [-0.4, -0.2) is 88.0 Å². The SMILES string of the molecule is CC(C)CC(NC(=O)C(N)CC(=O)O)C(=O)N1CCCC1C(=O)NC(CCCN=C(N)N)C(=O)O. The van der Waals surface area contributed by atoms with Gasteiger partial charge in [0.1, 0.15) is 18.1 Å². The number of rotatable bonds is 14. The predicted molar refractivity (Wildman–Crippen MR) is 126 cm³/mol. The van der Waals surface area contributed by atoms with E-state index < -0.39 is 60.2 Å². The van der Waals surface area contributed by atoms with E-state index >= 15 is 0 Å². The number of hydrogen-bond acceptors (Lipinski definition) is 7. The first-order chi connectivity index (χ1) is 16.3. The van der Waals surface area contributed by atoms with Crippen LogP contribution in [0, 0.1) is 5.92 Å². The number of likely N-dealkylation sites (tertiary alicyclic amines) is 1. The van der Waals surface area contributed by atoms with Crippen LogP contribution < -0.4 is 27.8 Å². The number of nitrogens with zero attached hydrogens (tertiary/aromatic N) is 2. The number of carbonyl (C=O) groups is 5. The summed E-state index contributed by atoms with van der Waals surface area (Å²) in [6.45, 7) is 4.15. The van der Waals surface area contributed by atoms with Gasteiger partial charge >= 0.3 is 11.9 Å². The van der Waals surface area contributed by atoms with Crippen molar-refractivity contribution in [1.29, 1.82) is 0 Å². The Morgan fingerprint density at radius 2 is 1.74 bits per heavy atom. The summed E-state index contributed by atoms with van der Waals surface area (Å²) >= 11 is 0. The Balaban J connectivity index is 2.90. The van der Waals surface area contributed by atoms with Crippen LogP contribution in [0.2, 0.25) is 0 Å². The molecule has 1 heterocycles. The normalized spacial score (nSPS) is 17.8. The molecule has 0 radical (unpaired) electrons. The molecule has 0 aromatic rings. The highest BCUT2D eigenvalue weighted by atomic mass is 16.4. The molecule has 1 rings (SSSR count). The van der Waals surface area contributed by atoms with Crippen molar-refractivity contribution in [2.75, 3.05) is 13.1 Å². The predicted octanol–water partition coefficient (Wildman–Crippen LogP) is -2.07. The Hall–Kier alpha value is -3.42. The average Bonchev–Trinajstić information content (AvgIpc) is 3.23. The molecule has 1 aliphatic heterocycles. The topological polar surface area (TPSA) is 244 Å². The number of carboxylic acids is 2. The maximum Gasteiger partial charge on any atom is 0.326 e. The van der Waals surface area contributed by atoms with E-state index in [0.29, 0.717) is 19.3 Å². The van der Waals surface area contributed by atoms with E-state index in [-0.39, 0.29) is 37.8 Å². The summed E-state index contributed by atoms with van der Waals surface area (Å²) in [6, 6.07) is -4.43. The Labute approximate surface area is 203 Å². The number of nitrogens with one attached hydrogen (secondary N) is 2. The third-order valence-electron chi connectivity index (χ3n) is 5.45. The summed E-state index contributed by atoms with van der Waals surface area (Å²) in [5.41, 5.74) is 16.1. The van der Waals surface area contributed by atoms with E-state index in [4.69, 9.17) is 22.3 Å². The van der Waals surface area contributed by atoms with Crippen molar-refractivity contribution < 1.29 is 34.2 Å². The van der Waals surface area contributed by atoms with Gasteiger partial charge in [0.05, 0.1) is 12.5 Å². The molecule has 0 spiro atoms. The van der Waals surface area contributed by atoms with Crippen LogP contribution in [0.15, 0.2) is 4.99 Å². The summed E-state index contributed by atoms with van der Waals surface area (Å²) in [5.74, 6) is -4.49. The quantitative estimate of drug-likeness (QED) is 0.0781. The van der Waals surface area contributed by atoms with E-state index in [1.807, 2.05) is 13.8 Å². The number of amides is 3. The molecule has 0 aromatic heterocycles. The van der Waals surface area contributed by atoms with Gasteiger partial charge in [-0.15, -0.1) is 0 Å². The van der Waals surface area contributed by atoms with Crippen molar-refractivity contribution in [2.24, 2.45) is 28.1 Å². The van der Waals surface area contributed by atoms with Gasteiger partial charge < -0.3 is 42.9 Å². The minimum atomic E-state index is -1.33.